The van der Waals surface area contributed by atoms with Crippen molar-refractivity contribution in [1.82, 2.24) is 9.78 Å². The van der Waals surface area contributed by atoms with Crippen LogP contribution in [0.3, 0.4) is 0 Å². The molecule has 148 valence electrons. The van der Waals surface area contributed by atoms with Crippen LogP contribution in [-0.2, 0) is 16.6 Å². The van der Waals surface area contributed by atoms with Gasteiger partial charge in [-0.05, 0) is 24.3 Å². The molecule has 0 unspecified atom stereocenters. The van der Waals surface area contributed by atoms with Gasteiger partial charge in [0.15, 0.2) is 0 Å². The number of hydrogen-bond acceptors (Lipinski definition) is 5. The molecule has 10 heteroatoms. The Morgan fingerprint density at radius 2 is 2.00 bits per heavy atom. The van der Waals surface area contributed by atoms with E-state index in [1.807, 2.05) is 0 Å². The summed E-state index contributed by atoms with van der Waals surface area (Å²) in [6.45, 7) is 0.0547. The van der Waals surface area contributed by atoms with E-state index in [1.165, 1.54) is 61.6 Å². The number of nitrogens with one attached hydrogen (secondary N) is 1. The van der Waals surface area contributed by atoms with Crippen molar-refractivity contribution in [1.29, 1.82) is 0 Å². The zero-order chi connectivity index (χ0) is 20.3. The average molecular weight is 426 g/mol. The van der Waals surface area contributed by atoms with Crippen molar-refractivity contribution in [3.8, 4) is 11.5 Å². The van der Waals surface area contributed by atoms with Gasteiger partial charge in [-0.2, -0.15) is 5.10 Å². The van der Waals surface area contributed by atoms with Crippen molar-refractivity contribution in [2.24, 2.45) is 0 Å². The molecular formula is C18H17ClFN3O4S. The summed E-state index contributed by atoms with van der Waals surface area (Å²) in [5, 5.41) is 4.32. The molecular weight excluding hydrogens is 409 g/mol. The van der Waals surface area contributed by atoms with E-state index in [9.17, 15) is 12.8 Å². The molecule has 28 heavy (non-hydrogen) atoms. The number of nitrogens with zero attached hydrogens (tertiary/aromatic N) is 2. The van der Waals surface area contributed by atoms with Crippen LogP contribution in [0.4, 0.5) is 10.1 Å². The molecule has 7 nitrogen and oxygen atoms in total. The number of methoxy groups -OCH3 is 2. The highest BCUT2D eigenvalue weighted by molar-refractivity contribution is 7.92. The molecule has 0 fully saturated rings. The number of benzene rings is 2. The molecule has 0 saturated carbocycles. The smallest absolute Gasteiger partial charge is 0.265 e. The molecule has 0 aliphatic carbocycles. The Morgan fingerprint density at radius 3 is 2.68 bits per heavy atom. The number of halogens is 2. The number of aromatic nitrogens is 2. The van der Waals surface area contributed by atoms with E-state index in [0.29, 0.717) is 5.75 Å². The molecule has 3 rings (SSSR count). The lowest BCUT2D eigenvalue weighted by atomic mass is 10.2. The molecule has 1 heterocycles. The summed E-state index contributed by atoms with van der Waals surface area (Å²) in [7, 11) is -1.11. The Balaban J connectivity index is 1.83. The fourth-order valence-electron chi connectivity index (χ4n) is 2.56. The third-order valence-electron chi connectivity index (χ3n) is 3.93. The van der Waals surface area contributed by atoms with Crippen molar-refractivity contribution in [2.45, 2.75) is 11.4 Å². The van der Waals surface area contributed by atoms with Gasteiger partial charge < -0.3 is 9.47 Å². The van der Waals surface area contributed by atoms with Crippen molar-refractivity contribution >= 4 is 27.3 Å². The predicted octanol–water partition coefficient (Wildman–Crippen LogP) is 3.54. The van der Waals surface area contributed by atoms with Crippen LogP contribution >= 0.6 is 11.6 Å². The monoisotopic (exact) mass is 425 g/mol. The Bertz CT molecular complexity index is 1080. The van der Waals surface area contributed by atoms with Crippen molar-refractivity contribution in [2.75, 3.05) is 18.9 Å². The second-order valence-corrected chi connectivity index (χ2v) is 7.81. The highest BCUT2D eigenvalue weighted by atomic mass is 35.5. The van der Waals surface area contributed by atoms with E-state index < -0.39 is 15.8 Å². The Labute approximate surface area is 166 Å². The lowest BCUT2D eigenvalue weighted by Crippen LogP contribution is -2.14. The van der Waals surface area contributed by atoms with E-state index in [-0.39, 0.29) is 33.5 Å². The molecule has 0 radical (unpaired) electrons. The van der Waals surface area contributed by atoms with Crippen molar-refractivity contribution in [3.05, 3.63) is 65.2 Å². The van der Waals surface area contributed by atoms with Crippen LogP contribution < -0.4 is 14.2 Å². The molecule has 0 saturated heterocycles. The number of anilines is 1. The molecule has 0 spiro atoms. The molecule has 2 aromatic carbocycles. The summed E-state index contributed by atoms with van der Waals surface area (Å²) in [6.07, 6.45) is 2.76. The van der Waals surface area contributed by atoms with Gasteiger partial charge in [0.25, 0.3) is 10.0 Å². The van der Waals surface area contributed by atoms with Gasteiger partial charge in [0.2, 0.25) is 0 Å². The van der Waals surface area contributed by atoms with Crippen LogP contribution in [0.2, 0.25) is 5.02 Å². The number of hydrogen-bond donors (Lipinski definition) is 1. The maximum atomic E-state index is 13.9. The zero-order valence-electron chi connectivity index (χ0n) is 15.0. The van der Waals surface area contributed by atoms with E-state index >= 15 is 0 Å². The third kappa shape index (κ3) is 4.20. The highest BCUT2D eigenvalue weighted by Gasteiger charge is 2.21. The summed E-state index contributed by atoms with van der Waals surface area (Å²) >= 11 is 6.01. The van der Waals surface area contributed by atoms with Crippen LogP contribution in [0.25, 0.3) is 0 Å². The maximum absolute atomic E-state index is 13.9. The molecule has 0 bridgehead atoms. The minimum Gasteiger partial charge on any atom is -0.497 e. The van der Waals surface area contributed by atoms with Gasteiger partial charge in [0, 0.05) is 22.8 Å². The first kappa shape index (κ1) is 20.0. The van der Waals surface area contributed by atoms with E-state index in [0.717, 1.165) is 0 Å². The van der Waals surface area contributed by atoms with Crippen molar-refractivity contribution < 1.29 is 22.3 Å². The lowest BCUT2D eigenvalue weighted by molar-refractivity contribution is 0.386. The molecule has 1 N–H and O–H groups in total. The molecule has 0 atom stereocenters. The van der Waals surface area contributed by atoms with Gasteiger partial charge in [0.05, 0.1) is 32.6 Å². The number of sulfonamides is 1. The number of rotatable bonds is 7. The lowest BCUT2D eigenvalue weighted by Gasteiger charge is -2.11. The second-order valence-electron chi connectivity index (χ2n) is 5.75. The van der Waals surface area contributed by atoms with Crippen LogP contribution in [0.15, 0.2) is 53.7 Å². The summed E-state index contributed by atoms with van der Waals surface area (Å²) in [5.41, 5.74) is 0.476. The summed E-state index contributed by atoms with van der Waals surface area (Å²) in [4.78, 5) is -0.0549. The van der Waals surface area contributed by atoms with Crippen molar-refractivity contribution in [3.63, 3.8) is 0 Å². The number of ether oxygens (including phenoxy) is 2. The summed E-state index contributed by atoms with van der Waals surface area (Å²) < 4.78 is 53.4. The Morgan fingerprint density at radius 1 is 1.21 bits per heavy atom. The summed E-state index contributed by atoms with van der Waals surface area (Å²) in [6, 6.07) is 8.74. The standard InChI is InChI=1S/C18H17ClFN3O4S/c1-26-13-6-7-18(17(8-13)27-2)28(24,25)22-12-9-21-23(10-12)11-14-15(19)4-3-5-16(14)20/h3-10,22H,11H2,1-2H3. The zero-order valence-corrected chi connectivity index (χ0v) is 16.6. The molecule has 3 aromatic rings. The minimum atomic E-state index is -3.94. The predicted molar refractivity (Wildman–Crippen MR) is 103 cm³/mol. The first-order valence-corrected chi connectivity index (χ1v) is 9.90. The maximum Gasteiger partial charge on any atom is 0.265 e. The second kappa shape index (κ2) is 8.07. The van der Waals surface area contributed by atoms with Gasteiger partial charge in [-0.15, -0.1) is 0 Å². The van der Waals surface area contributed by atoms with E-state index in [2.05, 4.69) is 9.82 Å². The van der Waals surface area contributed by atoms with Gasteiger partial charge >= 0.3 is 0 Å². The van der Waals surface area contributed by atoms with Crippen LogP contribution in [0.5, 0.6) is 11.5 Å². The topological polar surface area (TPSA) is 82.5 Å². The fraction of sp³-hybridized carbons (Fsp3) is 0.167. The highest BCUT2D eigenvalue weighted by Crippen LogP contribution is 2.30. The normalized spacial score (nSPS) is 11.3. The van der Waals surface area contributed by atoms with Gasteiger partial charge in [-0.3, -0.25) is 9.40 Å². The largest absolute Gasteiger partial charge is 0.497 e. The van der Waals surface area contributed by atoms with Crippen LogP contribution in [0, 0.1) is 5.82 Å². The fourth-order valence-corrected chi connectivity index (χ4v) is 3.96. The summed E-state index contributed by atoms with van der Waals surface area (Å²) in [5.74, 6) is 0.135. The van der Waals surface area contributed by atoms with Crippen LogP contribution in [-0.4, -0.2) is 32.4 Å². The van der Waals surface area contributed by atoms with Gasteiger partial charge in [-0.25, -0.2) is 12.8 Å². The van der Waals surface area contributed by atoms with Gasteiger partial charge in [0.1, 0.15) is 22.2 Å². The molecule has 1 aromatic heterocycles. The first-order valence-electron chi connectivity index (χ1n) is 8.04. The molecule has 0 aliphatic rings. The Hall–Kier alpha value is -2.78. The SMILES string of the molecule is COc1ccc(S(=O)(=O)Nc2cnn(Cc3c(F)cccc3Cl)c2)c(OC)c1. The average Bonchev–Trinajstić information content (AvgIpc) is 3.10. The first-order chi connectivity index (χ1) is 13.3. The van der Waals surface area contributed by atoms with Gasteiger partial charge in [-0.1, -0.05) is 17.7 Å². The Kier molecular flexibility index (Phi) is 5.76. The quantitative estimate of drug-likeness (QED) is 0.626. The molecule has 0 amide bonds. The van der Waals surface area contributed by atoms with E-state index in [4.69, 9.17) is 21.1 Å². The van der Waals surface area contributed by atoms with E-state index in [1.54, 1.807) is 6.07 Å². The minimum absolute atomic E-state index is 0.0547. The molecule has 0 aliphatic heterocycles. The van der Waals surface area contributed by atoms with Crippen LogP contribution in [0.1, 0.15) is 5.56 Å². The third-order valence-corrected chi connectivity index (χ3v) is 5.70.